The Hall–Kier alpha value is -2.89. The Morgan fingerprint density at radius 1 is 1.24 bits per heavy atom. The number of para-hydroxylation sites is 1. The highest BCUT2D eigenvalue weighted by atomic mass is 16.5. The lowest BCUT2D eigenvalue weighted by molar-refractivity contribution is -0.141. The van der Waals surface area contributed by atoms with E-state index < -0.39 is 11.7 Å². The number of carbonyl (C=O) groups is 1. The number of hydrogen-bond acceptors (Lipinski definition) is 6. The molecule has 1 aromatic carbocycles. The van der Waals surface area contributed by atoms with E-state index in [2.05, 4.69) is 4.74 Å². The van der Waals surface area contributed by atoms with E-state index in [-0.39, 0.29) is 18.2 Å². The Morgan fingerprint density at radius 2 is 1.90 bits per heavy atom. The van der Waals surface area contributed by atoms with Gasteiger partial charge in [0.05, 0.1) is 6.61 Å². The van der Waals surface area contributed by atoms with Crippen LogP contribution >= 0.6 is 0 Å². The van der Waals surface area contributed by atoms with Crippen molar-refractivity contribution in [3.05, 3.63) is 65.9 Å². The minimum Gasteiger partial charge on any atom is -0.502 e. The molecule has 0 aliphatic carbocycles. The molecule has 0 unspecified atom stereocenters. The molecule has 112 valence electrons. The smallest absolute Gasteiger partial charge is 0.373 e. The van der Waals surface area contributed by atoms with Crippen molar-refractivity contribution in [2.45, 2.75) is 6.92 Å². The van der Waals surface area contributed by atoms with E-state index in [0.717, 1.165) is 6.08 Å². The molecule has 0 fully saturated rings. The second kappa shape index (κ2) is 8.31. The average Bonchev–Trinajstić information content (AvgIpc) is 2.46. The molecule has 0 amide bonds. The monoisotopic (exact) mass is 290 g/mol. The summed E-state index contributed by atoms with van der Waals surface area (Å²) in [6.07, 6.45) is 3.88. The van der Waals surface area contributed by atoms with E-state index in [1.807, 2.05) is 18.2 Å². The van der Waals surface area contributed by atoms with Gasteiger partial charge < -0.3 is 26.0 Å². The summed E-state index contributed by atoms with van der Waals surface area (Å²) in [5.41, 5.74) is 11.4. The summed E-state index contributed by atoms with van der Waals surface area (Å²) >= 11 is 0. The largest absolute Gasteiger partial charge is 0.502 e. The van der Waals surface area contributed by atoms with Gasteiger partial charge in [-0.15, -0.1) is 0 Å². The van der Waals surface area contributed by atoms with Crippen LogP contribution in [-0.2, 0) is 9.53 Å². The predicted octanol–water partition coefficient (Wildman–Crippen LogP) is 1.71. The number of benzene rings is 1. The number of carbonyl (C=O) groups excluding carboxylic acids is 1. The fraction of sp³-hybridized carbons (Fsp3) is 0.133. The van der Waals surface area contributed by atoms with Crippen LogP contribution in [0.5, 0.6) is 5.75 Å². The lowest BCUT2D eigenvalue weighted by atomic mass is 10.3. The number of ether oxygens (including phenoxy) is 2. The molecular formula is C15H18N2O4. The number of nitrogens with two attached hydrogens (primary N) is 2. The van der Waals surface area contributed by atoms with Crippen molar-refractivity contribution >= 4 is 5.97 Å². The third-order valence-corrected chi connectivity index (χ3v) is 2.21. The van der Waals surface area contributed by atoms with Crippen molar-refractivity contribution < 1.29 is 19.4 Å². The first kappa shape index (κ1) is 16.2. The topological polar surface area (TPSA) is 108 Å². The van der Waals surface area contributed by atoms with E-state index in [1.54, 1.807) is 19.1 Å². The predicted molar refractivity (Wildman–Crippen MR) is 79.0 cm³/mol. The van der Waals surface area contributed by atoms with Gasteiger partial charge in [-0.2, -0.15) is 0 Å². The molecule has 5 N–H and O–H groups in total. The number of aliphatic hydroxyl groups excluding tert-OH is 1. The van der Waals surface area contributed by atoms with Gasteiger partial charge in [0.2, 0.25) is 5.76 Å². The summed E-state index contributed by atoms with van der Waals surface area (Å²) in [5, 5.41) is 9.40. The quantitative estimate of drug-likeness (QED) is 0.318. The van der Waals surface area contributed by atoms with E-state index in [1.165, 1.54) is 12.2 Å². The molecule has 0 bridgehead atoms. The van der Waals surface area contributed by atoms with Crippen molar-refractivity contribution in [2.24, 2.45) is 11.5 Å². The lowest BCUT2D eigenvalue weighted by Crippen LogP contribution is -2.09. The van der Waals surface area contributed by atoms with Crippen molar-refractivity contribution in [2.75, 3.05) is 6.61 Å². The summed E-state index contributed by atoms with van der Waals surface area (Å²) in [5.74, 6) is -0.718. The molecule has 0 aliphatic rings. The molecule has 0 spiro atoms. The fourth-order valence-corrected chi connectivity index (χ4v) is 1.31. The van der Waals surface area contributed by atoms with Gasteiger partial charge in [-0.05, 0) is 25.1 Å². The lowest BCUT2D eigenvalue weighted by Gasteiger charge is -2.04. The SMILES string of the molecule is CCOC(=O)C(O)=CC(N)=CC=C(N)Oc1ccccc1. The summed E-state index contributed by atoms with van der Waals surface area (Å²) in [4.78, 5) is 11.2. The summed E-state index contributed by atoms with van der Waals surface area (Å²) in [6, 6.07) is 8.98. The minimum atomic E-state index is -0.841. The van der Waals surface area contributed by atoms with Crippen molar-refractivity contribution in [3.8, 4) is 5.75 Å². The highest BCUT2D eigenvalue weighted by Gasteiger charge is 2.07. The van der Waals surface area contributed by atoms with Gasteiger partial charge in [0.15, 0.2) is 5.88 Å². The maximum absolute atomic E-state index is 11.2. The van der Waals surface area contributed by atoms with E-state index in [0.29, 0.717) is 5.75 Å². The molecule has 0 aromatic heterocycles. The van der Waals surface area contributed by atoms with Crippen LogP contribution in [0.4, 0.5) is 0 Å². The molecule has 6 heteroatoms. The molecule has 0 saturated heterocycles. The maximum atomic E-state index is 11.2. The summed E-state index contributed by atoms with van der Waals surface area (Å²) in [7, 11) is 0. The highest BCUT2D eigenvalue weighted by molar-refractivity contribution is 5.86. The first-order valence-electron chi connectivity index (χ1n) is 6.26. The number of rotatable bonds is 6. The van der Waals surface area contributed by atoms with Crippen molar-refractivity contribution in [3.63, 3.8) is 0 Å². The third-order valence-electron chi connectivity index (χ3n) is 2.21. The third kappa shape index (κ3) is 6.20. The van der Waals surface area contributed by atoms with Crippen LogP contribution in [0.1, 0.15) is 6.92 Å². The Balaban J connectivity index is 2.67. The van der Waals surface area contributed by atoms with Gasteiger partial charge >= 0.3 is 5.97 Å². The minimum absolute atomic E-state index is 0.119. The average molecular weight is 290 g/mol. The Kier molecular flexibility index (Phi) is 6.40. The molecule has 0 atom stereocenters. The Labute approximate surface area is 123 Å². The second-order valence-corrected chi connectivity index (χ2v) is 3.90. The molecular weight excluding hydrogens is 272 g/mol. The van der Waals surface area contributed by atoms with Crippen LogP contribution in [0.2, 0.25) is 0 Å². The molecule has 21 heavy (non-hydrogen) atoms. The molecule has 0 aliphatic heterocycles. The number of aliphatic hydroxyl groups is 1. The number of allylic oxidation sites excluding steroid dienone is 3. The van der Waals surface area contributed by atoms with Gasteiger partial charge in [0.1, 0.15) is 5.75 Å². The van der Waals surface area contributed by atoms with Crippen LogP contribution < -0.4 is 16.2 Å². The first-order valence-corrected chi connectivity index (χ1v) is 6.26. The molecule has 0 saturated carbocycles. The van der Waals surface area contributed by atoms with E-state index in [4.69, 9.17) is 16.2 Å². The van der Waals surface area contributed by atoms with Crippen LogP contribution in [0, 0.1) is 0 Å². The normalized spacial score (nSPS) is 12.9. The van der Waals surface area contributed by atoms with Crippen LogP contribution in [0.15, 0.2) is 65.9 Å². The first-order chi connectivity index (χ1) is 10.0. The number of esters is 1. The van der Waals surface area contributed by atoms with E-state index in [9.17, 15) is 9.90 Å². The van der Waals surface area contributed by atoms with Crippen LogP contribution in [-0.4, -0.2) is 17.7 Å². The molecule has 1 aromatic rings. The summed E-state index contributed by atoms with van der Waals surface area (Å²) in [6.45, 7) is 1.80. The number of hydrogen-bond donors (Lipinski definition) is 3. The summed E-state index contributed by atoms with van der Waals surface area (Å²) < 4.78 is 9.92. The zero-order valence-electron chi connectivity index (χ0n) is 11.7. The van der Waals surface area contributed by atoms with Gasteiger partial charge in [-0.3, -0.25) is 0 Å². The van der Waals surface area contributed by atoms with Gasteiger partial charge in [0, 0.05) is 17.8 Å². The highest BCUT2D eigenvalue weighted by Crippen LogP contribution is 2.10. The standard InChI is InChI=1S/C15H18N2O4/c1-2-20-15(19)13(18)10-11(16)8-9-14(17)21-12-6-4-3-5-7-12/h3-10,18H,2,16-17H2,1H3. The van der Waals surface area contributed by atoms with Crippen molar-refractivity contribution in [1.29, 1.82) is 0 Å². The Morgan fingerprint density at radius 3 is 2.52 bits per heavy atom. The van der Waals surface area contributed by atoms with Gasteiger partial charge in [-0.1, -0.05) is 18.2 Å². The zero-order valence-corrected chi connectivity index (χ0v) is 11.7. The molecule has 0 radical (unpaired) electrons. The van der Waals surface area contributed by atoms with Crippen LogP contribution in [0.25, 0.3) is 0 Å². The van der Waals surface area contributed by atoms with Crippen LogP contribution in [0.3, 0.4) is 0 Å². The molecule has 0 heterocycles. The zero-order chi connectivity index (χ0) is 15.7. The van der Waals surface area contributed by atoms with E-state index >= 15 is 0 Å². The molecule has 6 nitrogen and oxygen atoms in total. The van der Waals surface area contributed by atoms with Gasteiger partial charge in [-0.25, -0.2) is 4.79 Å². The van der Waals surface area contributed by atoms with Crippen molar-refractivity contribution in [1.82, 2.24) is 0 Å². The van der Waals surface area contributed by atoms with Gasteiger partial charge in [0.25, 0.3) is 0 Å². The second-order valence-electron chi connectivity index (χ2n) is 3.90. The molecule has 1 rings (SSSR count). The Bertz CT molecular complexity index is 562. The fourth-order valence-electron chi connectivity index (χ4n) is 1.31. The maximum Gasteiger partial charge on any atom is 0.373 e.